The third-order valence-electron chi connectivity index (χ3n) is 6.95. The fraction of sp³-hybridized carbons (Fsp3) is 0.375. The molecule has 7 nitrogen and oxygen atoms in total. The molecule has 0 bridgehead atoms. The first kappa shape index (κ1) is 32.2. The van der Waals surface area contributed by atoms with Crippen LogP contribution >= 0.6 is 11.6 Å². The Kier molecular flexibility index (Phi) is 11.8. The molecule has 1 unspecified atom stereocenters. The number of hydrogen-bond acceptors (Lipinski definition) is 4. The first-order valence-electron chi connectivity index (χ1n) is 13.9. The van der Waals surface area contributed by atoms with Gasteiger partial charge in [-0.3, -0.25) is 13.9 Å². The van der Waals surface area contributed by atoms with Crippen molar-refractivity contribution in [2.24, 2.45) is 0 Å². The second-order valence-corrected chi connectivity index (χ2v) is 12.6. The molecule has 0 fully saturated rings. The lowest BCUT2D eigenvalue weighted by Gasteiger charge is -2.32. The van der Waals surface area contributed by atoms with E-state index in [4.69, 9.17) is 11.6 Å². The van der Waals surface area contributed by atoms with Gasteiger partial charge in [0.05, 0.1) is 11.9 Å². The van der Waals surface area contributed by atoms with Crippen LogP contribution in [-0.2, 0) is 32.6 Å². The van der Waals surface area contributed by atoms with Crippen molar-refractivity contribution < 1.29 is 18.0 Å². The highest BCUT2D eigenvalue weighted by molar-refractivity contribution is 7.92. The van der Waals surface area contributed by atoms with Crippen molar-refractivity contribution in [3.63, 3.8) is 0 Å². The predicted molar refractivity (Wildman–Crippen MR) is 167 cm³/mol. The molecule has 0 spiro atoms. The maximum absolute atomic E-state index is 13.9. The van der Waals surface area contributed by atoms with Gasteiger partial charge in [-0.05, 0) is 55.5 Å². The minimum absolute atomic E-state index is 0.0733. The monoisotopic (exact) mass is 597 g/mol. The Labute approximate surface area is 249 Å². The van der Waals surface area contributed by atoms with E-state index in [9.17, 15) is 18.0 Å². The average molecular weight is 598 g/mol. The highest BCUT2D eigenvalue weighted by Crippen LogP contribution is 2.28. The topological polar surface area (TPSA) is 86.8 Å². The van der Waals surface area contributed by atoms with Crippen LogP contribution < -0.4 is 9.62 Å². The molecule has 0 aliphatic heterocycles. The van der Waals surface area contributed by atoms with Crippen molar-refractivity contribution in [3.05, 3.63) is 100 Å². The van der Waals surface area contributed by atoms with E-state index in [0.29, 0.717) is 29.2 Å². The summed E-state index contributed by atoms with van der Waals surface area (Å²) in [6.45, 7) is 6.64. The SMILES string of the molecule is CCCNC(=O)C(Cc1ccccc1)N(Cc1ccc(C)cc1)C(=O)CCCN(c1cccc(Cl)c1C)S(C)(=O)=O. The van der Waals surface area contributed by atoms with E-state index in [-0.39, 0.29) is 37.7 Å². The Balaban J connectivity index is 1.88. The molecule has 9 heteroatoms. The molecule has 1 N–H and O–H groups in total. The summed E-state index contributed by atoms with van der Waals surface area (Å²) in [6, 6.07) is 22.0. The average Bonchev–Trinajstić information content (AvgIpc) is 2.94. The Morgan fingerprint density at radius 3 is 2.24 bits per heavy atom. The van der Waals surface area contributed by atoms with Crippen LogP contribution in [0.25, 0.3) is 0 Å². The van der Waals surface area contributed by atoms with Crippen LogP contribution in [0.15, 0.2) is 72.8 Å². The van der Waals surface area contributed by atoms with Gasteiger partial charge in [-0.2, -0.15) is 0 Å². The third kappa shape index (κ3) is 9.33. The number of carbonyl (C=O) groups excluding carboxylic acids is 2. The van der Waals surface area contributed by atoms with E-state index in [1.807, 2.05) is 68.4 Å². The van der Waals surface area contributed by atoms with E-state index in [1.54, 1.807) is 30.0 Å². The molecule has 0 saturated heterocycles. The summed E-state index contributed by atoms with van der Waals surface area (Å²) in [5.74, 6) is -0.419. The van der Waals surface area contributed by atoms with Crippen LogP contribution in [-0.4, -0.2) is 50.5 Å². The highest BCUT2D eigenvalue weighted by atomic mass is 35.5. The summed E-state index contributed by atoms with van der Waals surface area (Å²) in [6.07, 6.45) is 2.64. The van der Waals surface area contributed by atoms with Gasteiger partial charge >= 0.3 is 0 Å². The number of amides is 2. The number of nitrogens with one attached hydrogen (secondary N) is 1. The van der Waals surface area contributed by atoms with Crippen LogP contribution in [0.1, 0.15) is 48.4 Å². The number of nitrogens with zero attached hydrogens (tertiary/aromatic N) is 2. The molecule has 1 atom stereocenters. The molecule has 3 rings (SSSR count). The lowest BCUT2D eigenvalue weighted by Crippen LogP contribution is -2.50. The molecule has 0 aliphatic carbocycles. The van der Waals surface area contributed by atoms with Crippen LogP contribution in [0.2, 0.25) is 5.02 Å². The van der Waals surface area contributed by atoms with Crippen LogP contribution in [0, 0.1) is 13.8 Å². The first-order chi connectivity index (χ1) is 19.5. The van der Waals surface area contributed by atoms with E-state index in [2.05, 4.69) is 5.32 Å². The number of sulfonamides is 1. The maximum Gasteiger partial charge on any atom is 0.243 e. The second-order valence-electron chi connectivity index (χ2n) is 10.3. The van der Waals surface area contributed by atoms with E-state index in [1.165, 1.54) is 4.31 Å². The second kappa shape index (κ2) is 15.0. The number of halogens is 1. The number of anilines is 1. The van der Waals surface area contributed by atoms with Crippen molar-refractivity contribution >= 4 is 39.1 Å². The molecule has 0 aromatic heterocycles. The Morgan fingerprint density at radius 2 is 1.61 bits per heavy atom. The van der Waals surface area contributed by atoms with Crippen molar-refractivity contribution in [1.29, 1.82) is 0 Å². The van der Waals surface area contributed by atoms with Gasteiger partial charge in [-0.15, -0.1) is 0 Å². The summed E-state index contributed by atoms with van der Waals surface area (Å²) in [5, 5.41) is 3.45. The Hall–Kier alpha value is -3.36. The van der Waals surface area contributed by atoms with E-state index in [0.717, 1.165) is 29.4 Å². The zero-order chi connectivity index (χ0) is 30.0. The van der Waals surface area contributed by atoms with Crippen LogP contribution in [0.3, 0.4) is 0 Å². The fourth-order valence-corrected chi connectivity index (χ4v) is 5.84. The van der Waals surface area contributed by atoms with E-state index < -0.39 is 16.1 Å². The standard InChI is InChI=1S/C32H40ClN3O4S/c1-5-20-34-32(38)30(22-26-11-7-6-8-12-26)35(23-27-18-16-24(2)17-19-27)31(37)15-10-21-36(41(4,39)40)29-14-9-13-28(33)25(29)3/h6-9,11-14,16-19,30H,5,10,15,20-23H2,1-4H3,(H,34,38). The summed E-state index contributed by atoms with van der Waals surface area (Å²) in [7, 11) is -3.62. The number of benzene rings is 3. The zero-order valence-electron chi connectivity index (χ0n) is 24.3. The quantitative estimate of drug-likeness (QED) is 0.259. The molecule has 3 aromatic rings. The molecular weight excluding hydrogens is 558 g/mol. The minimum Gasteiger partial charge on any atom is -0.354 e. The summed E-state index contributed by atoms with van der Waals surface area (Å²) < 4.78 is 26.7. The third-order valence-corrected chi connectivity index (χ3v) is 8.54. The first-order valence-corrected chi connectivity index (χ1v) is 16.1. The predicted octanol–water partition coefficient (Wildman–Crippen LogP) is 5.67. The molecule has 3 aromatic carbocycles. The normalized spacial score (nSPS) is 12.0. The van der Waals surface area contributed by atoms with Gasteiger partial charge in [-0.1, -0.05) is 84.8 Å². The molecule has 0 heterocycles. The van der Waals surface area contributed by atoms with Gasteiger partial charge in [0.1, 0.15) is 6.04 Å². The van der Waals surface area contributed by atoms with Crippen LogP contribution in [0.4, 0.5) is 5.69 Å². The van der Waals surface area contributed by atoms with Crippen molar-refractivity contribution in [2.45, 2.75) is 59.0 Å². The molecule has 2 amide bonds. The molecule has 220 valence electrons. The fourth-order valence-electron chi connectivity index (χ4n) is 4.66. The molecular formula is C32H40ClN3O4S. The summed E-state index contributed by atoms with van der Waals surface area (Å²) >= 11 is 6.27. The highest BCUT2D eigenvalue weighted by Gasteiger charge is 2.30. The van der Waals surface area contributed by atoms with Crippen molar-refractivity contribution in [1.82, 2.24) is 10.2 Å². The largest absolute Gasteiger partial charge is 0.354 e. The van der Waals surface area contributed by atoms with Gasteiger partial charge in [0.2, 0.25) is 21.8 Å². The molecule has 41 heavy (non-hydrogen) atoms. The summed E-state index contributed by atoms with van der Waals surface area (Å²) in [4.78, 5) is 29.0. The summed E-state index contributed by atoms with van der Waals surface area (Å²) in [5.41, 5.74) is 4.11. The maximum atomic E-state index is 13.9. The van der Waals surface area contributed by atoms with Gasteiger partial charge in [0.15, 0.2) is 0 Å². The smallest absolute Gasteiger partial charge is 0.243 e. The minimum atomic E-state index is -3.62. The number of carbonyl (C=O) groups is 2. The zero-order valence-corrected chi connectivity index (χ0v) is 25.8. The molecule has 0 radical (unpaired) electrons. The van der Waals surface area contributed by atoms with Gasteiger partial charge in [0.25, 0.3) is 0 Å². The molecule has 0 aliphatic rings. The number of aryl methyl sites for hydroxylation is 1. The number of rotatable bonds is 14. The van der Waals surface area contributed by atoms with Crippen molar-refractivity contribution in [3.8, 4) is 0 Å². The lowest BCUT2D eigenvalue weighted by molar-refractivity contribution is -0.141. The van der Waals surface area contributed by atoms with Gasteiger partial charge < -0.3 is 10.2 Å². The van der Waals surface area contributed by atoms with Crippen LogP contribution in [0.5, 0.6) is 0 Å². The van der Waals surface area contributed by atoms with Gasteiger partial charge in [0, 0.05) is 37.5 Å². The Morgan fingerprint density at radius 1 is 0.927 bits per heavy atom. The number of hydrogen-bond donors (Lipinski definition) is 1. The Bertz CT molecular complexity index is 1410. The van der Waals surface area contributed by atoms with Gasteiger partial charge in [-0.25, -0.2) is 8.42 Å². The van der Waals surface area contributed by atoms with Crippen molar-refractivity contribution in [2.75, 3.05) is 23.7 Å². The lowest BCUT2D eigenvalue weighted by atomic mass is 10.0. The van der Waals surface area contributed by atoms with E-state index >= 15 is 0 Å². The molecule has 0 saturated carbocycles.